The molecule has 0 atom stereocenters. The first-order valence-electron chi connectivity index (χ1n) is 3.75. The zero-order valence-electron chi connectivity index (χ0n) is 6.47. The van der Waals surface area contributed by atoms with E-state index in [1.807, 2.05) is 0 Å². The first-order valence-corrected chi connectivity index (χ1v) is 3.75. The minimum Gasteiger partial charge on any atom is -0.407 e. The molecule has 66 valence electrons. The number of nitrogens with zero attached hydrogens (tertiary/aromatic N) is 3. The fourth-order valence-electron chi connectivity index (χ4n) is 1.07. The van der Waals surface area contributed by atoms with Gasteiger partial charge in [0, 0.05) is 0 Å². The Bertz CT molecular complexity index is 268. The van der Waals surface area contributed by atoms with Crippen LogP contribution in [0.2, 0.25) is 0 Å². The van der Waals surface area contributed by atoms with Crippen molar-refractivity contribution in [3.05, 3.63) is 5.89 Å². The summed E-state index contributed by atoms with van der Waals surface area (Å²) in [4.78, 5) is 1.80. The average molecular weight is 170 g/mol. The van der Waals surface area contributed by atoms with Gasteiger partial charge in [0.05, 0.1) is 25.7 Å². The lowest BCUT2D eigenvalue weighted by atomic mass is 10.2. The molecule has 0 bridgehead atoms. The van der Waals surface area contributed by atoms with Gasteiger partial charge >= 0.3 is 6.01 Å². The summed E-state index contributed by atoms with van der Waals surface area (Å²) in [6.45, 7) is 1.38. The van der Waals surface area contributed by atoms with Gasteiger partial charge in [0.1, 0.15) is 0 Å². The number of aromatic nitrogens is 2. The Kier molecular flexibility index (Phi) is 1.70. The van der Waals surface area contributed by atoms with Crippen LogP contribution in [0.1, 0.15) is 5.89 Å². The minimum absolute atomic E-state index is 0.253. The van der Waals surface area contributed by atoms with E-state index >= 15 is 0 Å². The summed E-state index contributed by atoms with van der Waals surface area (Å²) in [5.74, 6) is 0.423. The maximum Gasteiger partial charge on any atom is 0.318 e. The predicted octanol–water partition coefficient (Wildman–Crippen LogP) is -1.29. The lowest BCUT2D eigenvalue weighted by Crippen LogP contribution is -2.51. The van der Waals surface area contributed by atoms with Crippen LogP contribution in [0.5, 0.6) is 0 Å². The SMILES string of the molecule is NCc1nnc(N2CC(O)C2)o1. The van der Waals surface area contributed by atoms with E-state index in [-0.39, 0.29) is 12.6 Å². The molecular formula is C6H10N4O2. The quantitative estimate of drug-likeness (QED) is 0.574. The summed E-state index contributed by atoms with van der Waals surface area (Å²) in [5, 5.41) is 16.4. The number of anilines is 1. The van der Waals surface area contributed by atoms with Crippen molar-refractivity contribution in [3.8, 4) is 0 Å². The molecule has 1 aromatic rings. The molecule has 0 amide bonds. The number of β-amino-alcohol motifs (C(OH)–C–C–N with tert-alkyl or cyclic N) is 1. The molecule has 2 rings (SSSR count). The highest BCUT2D eigenvalue weighted by atomic mass is 16.4. The van der Waals surface area contributed by atoms with Gasteiger partial charge in [-0.15, -0.1) is 5.10 Å². The second kappa shape index (κ2) is 2.72. The number of hydrogen-bond acceptors (Lipinski definition) is 6. The fourth-order valence-corrected chi connectivity index (χ4v) is 1.07. The molecule has 0 saturated carbocycles. The maximum absolute atomic E-state index is 8.99. The Morgan fingerprint density at radius 3 is 2.83 bits per heavy atom. The highest BCUT2D eigenvalue weighted by molar-refractivity contribution is 5.29. The van der Waals surface area contributed by atoms with Gasteiger partial charge in [-0.3, -0.25) is 0 Å². The molecule has 0 aliphatic carbocycles. The molecule has 0 radical (unpaired) electrons. The number of aliphatic hydroxyl groups excluding tert-OH is 1. The van der Waals surface area contributed by atoms with Gasteiger partial charge in [0.15, 0.2) is 0 Å². The van der Waals surface area contributed by atoms with E-state index < -0.39 is 0 Å². The topological polar surface area (TPSA) is 88.4 Å². The van der Waals surface area contributed by atoms with Crippen molar-refractivity contribution in [1.29, 1.82) is 0 Å². The minimum atomic E-state index is -0.266. The smallest absolute Gasteiger partial charge is 0.318 e. The van der Waals surface area contributed by atoms with E-state index in [9.17, 15) is 0 Å². The van der Waals surface area contributed by atoms with Gasteiger partial charge in [-0.2, -0.15) is 0 Å². The molecule has 1 aliphatic heterocycles. The third-order valence-corrected chi connectivity index (χ3v) is 1.76. The van der Waals surface area contributed by atoms with Crippen LogP contribution in [0, 0.1) is 0 Å². The molecule has 6 nitrogen and oxygen atoms in total. The number of nitrogens with two attached hydrogens (primary N) is 1. The van der Waals surface area contributed by atoms with Crippen molar-refractivity contribution >= 4 is 6.01 Å². The largest absolute Gasteiger partial charge is 0.407 e. The van der Waals surface area contributed by atoms with Gasteiger partial charge in [-0.05, 0) is 0 Å². The van der Waals surface area contributed by atoms with Crippen LogP contribution >= 0.6 is 0 Å². The summed E-state index contributed by atoms with van der Waals surface area (Å²) in [7, 11) is 0. The fraction of sp³-hybridized carbons (Fsp3) is 0.667. The first-order chi connectivity index (χ1) is 5.79. The molecule has 2 heterocycles. The summed E-state index contributed by atoms with van der Waals surface area (Å²) in [6.07, 6.45) is -0.266. The van der Waals surface area contributed by atoms with Crippen molar-refractivity contribution in [2.75, 3.05) is 18.0 Å². The Morgan fingerprint density at radius 1 is 1.58 bits per heavy atom. The van der Waals surface area contributed by atoms with Gasteiger partial charge in [0.2, 0.25) is 5.89 Å². The Hall–Kier alpha value is -1.14. The normalized spacial score (nSPS) is 18.0. The molecular weight excluding hydrogens is 160 g/mol. The summed E-state index contributed by atoms with van der Waals surface area (Å²) < 4.78 is 5.15. The van der Waals surface area contributed by atoms with E-state index in [4.69, 9.17) is 15.3 Å². The second-order valence-corrected chi connectivity index (χ2v) is 2.74. The summed E-state index contributed by atoms with van der Waals surface area (Å²) in [5.41, 5.74) is 5.29. The Morgan fingerprint density at radius 2 is 2.33 bits per heavy atom. The number of hydrogen-bond donors (Lipinski definition) is 2. The highest BCUT2D eigenvalue weighted by Crippen LogP contribution is 2.18. The van der Waals surface area contributed by atoms with Crippen LogP contribution < -0.4 is 10.6 Å². The van der Waals surface area contributed by atoms with Crippen LogP contribution in [0.3, 0.4) is 0 Å². The molecule has 0 unspecified atom stereocenters. The molecule has 1 fully saturated rings. The van der Waals surface area contributed by atoms with Crippen molar-refractivity contribution < 1.29 is 9.52 Å². The van der Waals surface area contributed by atoms with Gasteiger partial charge in [0.25, 0.3) is 0 Å². The molecule has 1 aliphatic rings. The Balaban J connectivity index is 2.04. The summed E-state index contributed by atoms with van der Waals surface area (Å²) >= 11 is 0. The zero-order chi connectivity index (χ0) is 8.55. The molecule has 0 aromatic carbocycles. The van der Waals surface area contributed by atoms with E-state index in [1.54, 1.807) is 4.90 Å². The zero-order valence-corrected chi connectivity index (χ0v) is 6.47. The van der Waals surface area contributed by atoms with Gasteiger partial charge in [-0.25, -0.2) is 0 Å². The monoisotopic (exact) mass is 170 g/mol. The molecule has 1 saturated heterocycles. The van der Waals surface area contributed by atoms with Gasteiger partial charge in [-0.1, -0.05) is 5.10 Å². The lowest BCUT2D eigenvalue weighted by molar-refractivity contribution is 0.137. The number of rotatable bonds is 2. The predicted molar refractivity (Wildman–Crippen MR) is 40.4 cm³/mol. The Labute approximate surface area is 69.0 Å². The maximum atomic E-state index is 8.99. The molecule has 3 N–H and O–H groups in total. The van der Waals surface area contributed by atoms with Crippen LogP contribution in [0.25, 0.3) is 0 Å². The van der Waals surface area contributed by atoms with Crippen molar-refractivity contribution in [1.82, 2.24) is 10.2 Å². The van der Waals surface area contributed by atoms with Crippen LogP contribution in [-0.2, 0) is 6.54 Å². The van der Waals surface area contributed by atoms with Gasteiger partial charge < -0.3 is 20.2 Å². The molecule has 12 heavy (non-hydrogen) atoms. The van der Waals surface area contributed by atoms with Crippen LogP contribution in [0.15, 0.2) is 4.42 Å². The third kappa shape index (κ3) is 1.15. The molecule has 0 spiro atoms. The van der Waals surface area contributed by atoms with E-state index in [2.05, 4.69) is 10.2 Å². The first kappa shape index (κ1) is 7.51. The van der Waals surface area contributed by atoms with E-state index in [1.165, 1.54) is 0 Å². The van der Waals surface area contributed by atoms with E-state index in [0.29, 0.717) is 25.0 Å². The van der Waals surface area contributed by atoms with Crippen LogP contribution in [0.4, 0.5) is 6.01 Å². The number of aliphatic hydroxyl groups is 1. The third-order valence-electron chi connectivity index (χ3n) is 1.76. The van der Waals surface area contributed by atoms with Crippen molar-refractivity contribution in [2.45, 2.75) is 12.6 Å². The van der Waals surface area contributed by atoms with Crippen molar-refractivity contribution in [2.24, 2.45) is 5.73 Å². The highest BCUT2D eigenvalue weighted by Gasteiger charge is 2.28. The average Bonchev–Trinajstić information content (AvgIpc) is 2.46. The molecule has 6 heteroatoms. The van der Waals surface area contributed by atoms with Crippen LogP contribution in [-0.4, -0.2) is 34.5 Å². The lowest BCUT2D eigenvalue weighted by Gasteiger charge is -2.33. The molecule has 1 aromatic heterocycles. The second-order valence-electron chi connectivity index (χ2n) is 2.74. The standard InChI is InChI=1S/C6H10N4O2/c7-1-5-8-9-6(12-5)10-2-4(11)3-10/h4,11H,1-3,7H2. The van der Waals surface area contributed by atoms with E-state index in [0.717, 1.165) is 0 Å². The van der Waals surface area contributed by atoms with Crippen molar-refractivity contribution in [3.63, 3.8) is 0 Å². The summed E-state index contributed by atoms with van der Waals surface area (Å²) in [6, 6.07) is 0.445.